The van der Waals surface area contributed by atoms with Crippen LogP contribution in [0, 0.1) is 6.92 Å². The van der Waals surface area contributed by atoms with Crippen molar-refractivity contribution in [1.82, 2.24) is 4.31 Å². The fourth-order valence-electron chi connectivity index (χ4n) is 3.49. The van der Waals surface area contributed by atoms with E-state index in [4.69, 9.17) is 0 Å². The molecule has 1 saturated heterocycles. The highest BCUT2D eigenvalue weighted by atomic mass is 32.2. The molecule has 118 valence electrons. The smallest absolute Gasteiger partial charge is 0.244 e. The first-order chi connectivity index (χ1) is 10.4. The van der Waals surface area contributed by atoms with Gasteiger partial charge in [-0.3, -0.25) is 9.59 Å². The first-order valence-corrected chi connectivity index (χ1v) is 8.95. The number of piperidine rings is 1. The van der Waals surface area contributed by atoms with Crippen LogP contribution in [0.3, 0.4) is 0 Å². The van der Waals surface area contributed by atoms with Gasteiger partial charge in [-0.05, 0) is 31.9 Å². The molecule has 1 spiro atoms. The van der Waals surface area contributed by atoms with Crippen molar-refractivity contribution >= 4 is 21.6 Å². The molecule has 1 atom stereocenters. The zero-order valence-corrected chi connectivity index (χ0v) is 13.4. The Morgan fingerprint density at radius 2 is 1.77 bits per heavy atom. The van der Waals surface area contributed by atoms with E-state index in [1.165, 1.54) is 4.31 Å². The molecule has 0 amide bonds. The molecule has 1 aliphatic heterocycles. The minimum Gasteiger partial charge on any atom is -0.300 e. The first kappa shape index (κ1) is 15.4. The summed E-state index contributed by atoms with van der Waals surface area (Å²) in [6.07, 6.45) is 1.65. The molecule has 0 radical (unpaired) electrons. The highest BCUT2D eigenvalue weighted by Gasteiger charge is 2.54. The van der Waals surface area contributed by atoms with Gasteiger partial charge >= 0.3 is 0 Å². The predicted octanol–water partition coefficient (Wildman–Crippen LogP) is 1.84. The summed E-state index contributed by atoms with van der Waals surface area (Å²) in [6.45, 7) is 1.98. The highest BCUT2D eigenvalue weighted by Crippen LogP contribution is 2.41. The van der Waals surface area contributed by atoms with Gasteiger partial charge in [-0.2, -0.15) is 4.31 Å². The summed E-state index contributed by atoms with van der Waals surface area (Å²) in [4.78, 5) is 24.4. The molecule has 2 fully saturated rings. The van der Waals surface area contributed by atoms with Gasteiger partial charge in [-0.15, -0.1) is 0 Å². The fraction of sp³-hybridized carbons (Fsp3) is 0.500. The van der Waals surface area contributed by atoms with E-state index in [-0.39, 0.29) is 35.8 Å². The third kappa shape index (κ3) is 2.30. The van der Waals surface area contributed by atoms with Gasteiger partial charge < -0.3 is 0 Å². The molecule has 2 aliphatic rings. The highest BCUT2D eigenvalue weighted by molar-refractivity contribution is 7.89. The van der Waals surface area contributed by atoms with E-state index < -0.39 is 15.6 Å². The number of sulfonamides is 1. The lowest BCUT2D eigenvalue weighted by atomic mass is 9.86. The van der Waals surface area contributed by atoms with Crippen LogP contribution in [0.2, 0.25) is 0 Å². The Hall–Kier alpha value is -1.53. The van der Waals surface area contributed by atoms with Crippen LogP contribution in [0.15, 0.2) is 29.2 Å². The van der Waals surface area contributed by atoms with Crippen LogP contribution >= 0.6 is 0 Å². The van der Waals surface area contributed by atoms with Crippen LogP contribution in [-0.2, 0) is 19.6 Å². The topological polar surface area (TPSA) is 71.5 Å². The van der Waals surface area contributed by atoms with E-state index in [0.717, 1.165) is 5.56 Å². The maximum absolute atomic E-state index is 13.0. The number of carbonyl (C=O) groups is 2. The molecule has 0 bridgehead atoms. The van der Waals surface area contributed by atoms with E-state index in [9.17, 15) is 18.0 Å². The molecule has 1 aromatic carbocycles. The largest absolute Gasteiger partial charge is 0.300 e. The number of nitrogens with zero attached hydrogens (tertiary/aromatic N) is 1. The van der Waals surface area contributed by atoms with Crippen molar-refractivity contribution in [3.63, 3.8) is 0 Å². The number of benzene rings is 1. The second kappa shape index (κ2) is 5.28. The molecule has 0 aromatic heterocycles. The van der Waals surface area contributed by atoms with Crippen molar-refractivity contribution in [3.05, 3.63) is 29.8 Å². The molecule has 0 N–H and O–H groups in total. The van der Waals surface area contributed by atoms with Crippen LogP contribution in [0.25, 0.3) is 0 Å². The van der Waals surface area contributed by atoms with Gasteiger partial charge in [0, 0.05) is 25.8 Å². The fourth-order valence-corrected chi connectivity index (χ4v) is 5.28. The lowest BCUT2D eigenvalue weighted by Gasteiger charge is -2.41. The van der Waals surface area contributed by atoms with Crippen molar-refractivity contribution in [2.45, 2.75) is 49.5 Å². The number of ketones is 2. The van der Waals surface area contributed by atoms with E-state index in [2.05, 4.69) is 0 Å². The molecule has 22 heavy (non-hydrogen) atoms. The third-order valence-electron chi connectivity index (χ3n) is 4.68. The average molecular weight is 321 g/mol. The summed E-state index contributed by atoms with van der Waals surface area (Å²) in [5, 5.41) is 0. The molecule has 1 aromatic rings. The third-order valence-corrected chi connectivity index (χ3v) is 6.66. The lowest BCUT2D eigenvalue weighted by molar-refractivity contribution is -0.134. The van der Waals surface area contributed by atoms with Crippen molar-refractivity contribution in [3.8, 4) is 0 Å². The molecule has 0 unspecified atom stereocenters. The Labute approximate surface area is 130 Å². The van der Waals surface area contributed by atoms with Gasteiger partial charge in [0.2, 0.25) is 10.0 Å². The summed E-state index contributed by atoms with van der Waals surface area (Å²) in [6, 6.07) is 6.61. The number of hydrogen-bond donors (Lipinski definition) is 0. The molecular formula is C16H19NO4S. The number of rotatable bonds is 2. The number of Topliss-reactive ketones (excluding diaryl/α,β-unsaturated/α-hetero) is 2. The van der Waals surface area contributed by atoms with Gasteiger partial charge in [0.15, 0.2) is 5.78 Å². The van der Waals surface area contributed by atoms with Gasteiger partial charge in [-0.1, -0.05) is 17.7 Å². The lowest BCUT2D eigenvalue weighted by Crippen LogP contribution is -2.58. The van der Waals surface area contributed by atoms with Crippen LogP contribution in [0.4, 0.5) is 0 Å². The second-order valence-corrected chi connectivity index (χ2v) is 8.03. The Bertz CT molecular complexity index is 723. The monoisotopic (exact) mass is 321 g/mol. The number of carbonyl (C=O) groups excluding carboxylic acids is 2. The molecule has 1 heterocycles. The Kier molecular flexibility index (Phi) is 3.69. The zero-order valence-electron chi connectivity index (χ0n) is 12.5. The number of aryl methyl sites for hydroxylation is 1. The van der Waals surface area contributed by atoms with Crippen LogP contribution < -0.4 is 0 Å². The van der Waals surface area contributed by atoms with Crippen LogP contribution in [0.1, 0.15) is 37.7 Å². The molecule has 5 nitrogen and oxygen atoms in total. The minimum atomic E-state index is -3.77. The Morgan fingerprint density at radius 3 is 2.36 bits per heavy atom. The van der Waals surface area contributed by atoms with Crippen LogP contribution in [0.5, 0.6) is 0 Å². The predicted molar refractivity (Wildman–Crippen MR) is 80.9 cm³/mol. The van der Waals surface area contributed by atoms with Crippen molar-refractivity contribution in [2.24, 2.45) is 0 Å². The summed E-state index contributed by atoms with van der Waals surface area (Å²) in [5.41, 5.74) is -0.168. The number of hydrogen-bond acceptors (Lipinski definition) is 4. The summed E-state index contributed by atoms with van der Waals surface area (Å²) >= 11 is 0. The van der Waals surface area contributed by atoms with E-state index in [1.54, 1.807) is 24.3 Å². The molecule has 3 rings (SSSR count). The van der Waals surface area contributed by atoms with Crippen LogP contribution in [-0.4, -0.2) is 36.4 Å². The van der Waals surface area contributed by atoms with Gasteiger partial charge in [0.05, 0.1) is 4.90 Å². The van der Waals surface area contributed by atoms with E-state index in [0.29, 0.717) is 19.3 Å². The maximum atomic E-state index is 13.0. The molecule has 1 saturated carbocycles. The summed E-state index contributed by atoms with van der Waals surface area (Å²) in [5.74, 6) is -0.137. The summed E-state index contributed by atoms with van der Waals surface area (Å²) in [7, 11) is -3.77. The second-order valence-electron chi connectivity index (χ2n) is 6.16. The normalized spacial score (nSPS) is 26.8. The van der Waals surface area contributed by atoms with Crippen molar-refractivity contribution in [1.29, 1.82) is 0 Å². The zero-order chi connectivity index (χ0) is 16.0. The van der Waals surface area contributed by atoms with Gasteiger partial charge in [0.25, 0.3) is 0 Å². The minimum absolute atomic E-state index is 0.0226. The summed E-state index contributed by atoms with van der Waals surface area (Å²) < 4.78 is 27.2. The molecular weight excluding hydrogens is 302 g/mol. The Balaban J connectivity index is 2.06. The van der Waals surface area contributed by atoms with E-state index >= 15 is 0 Å². The maximum Gasteiger partial charge on any atom is 0.244 e. The van der Waals surface area contributed by atoms with Crippen molar-refractivity contribution < 1.29 is 18.0 Å². The van der Waals surface area contributed by atoms with E-state index in [1.807, 2.05) is 6.92 Å². The SMILES string of the molecule is Cc1ccc(S(=O)(=O)N2CCC(=O)C[C@]23CCCC3=O)cc1. The Morgan fingerprint density at radius 1 is 1.09 bits per heavy atom. The average Bonchev–Trinajstić information content (AvgIpc) is 2.80. The molecule has 6 heteroatoms. The first-order valence-electron chi connectivity index (χ1n) is 7.51. The van der Waals surface area contributed by atoms with Crippen molar-refractivity contribution in [2.75, 3.05) is 6.54 Å². The van der Waals surface area contributed by atoms with Gasteiger partial charge in [-0.25, -0.2) is 8.42 Å². The quantitative estimate of drug-likeness (QED) is 0.833. The van der Waals surface area contributed by atoms with Gasteiger partial charge in [0.1, 0.15) is 11.3 Å². The standard InChI is InChI=1S/C16H19NO4S/c1-12-4-6-14(7-5-12)22(20,21)17-10-8-13(18)11-16(17)9-2-3-15(16)19/h4-7H,2-3,8-11H2,1H3/t16-/m0/s1. The molecule has 1 aliphatic carbocycles.